The van der Waals surface area contributed by atoms with Crippen LogP contribution in [0.4, 0.5) is 0 Å². The van der Waals surface area contributed by atoms with Gasteiger partial charge in [0.1, 0.15) is 10.0 Å². The summed E-state index contributed by atoms with van der Waals surface area (Å²) in [6, 6.07) is 0. The van der Waals surface area contributed by atoms with E-state index in [0.29, 0.717) is 11.8 Å². The molecular weight excluding hydrogens is 258 g/mol. The number of aromatic nitrogens is 2. The number of carbonyl (C=O) groups is 1. The number of piperidine rings is 1. The summed E-state index contributed by atoms with van der Waals surface area (Å²) in [7, 11) is 0. The van der Waals surface area contributed by atoms with Gasteiger partial charge in [0, 0.05) is 31.8 Å². The van der Waals surface area contributed by atoms with E-state index < -0.39 is 0 Å². The molecule has 2 fully saturated rings. The summed E-state index contributed by atoms with van der Waals surface area (Å²) in [6.07, 6.45) is 7.45. The first-order chi connectivity index (χ1) is 9.24. The molecule has 0 bridgehead atoms. The van der Waals surface area contributed by atoms with Gasteiger partial charge in [0.25, 0.3) is 0 Å². The second kappa shape index (κ2) is 5.57. The molecule has 1 aliphatic carbocycles. The molecule has 1 amide bonds. The Morgan fingerprint density at radius 3 is 2.42 bits per heavy atom. The predicted molar refractivity (Wildman–Crippen MR) is 75.3 cm³/mol. The SMILES string of the molecule is CC(=O)N1CCCC(c2nnc(C3CCCC3)s2)C1. The number of likely N-dealkylation sites (tertiary alicyclic amines) is 1. The molecule has 1 aromatic rings. The van der Waals surface area contributed by atoms with Gasteiger partial charge < -0.3 is 4.90 Å². The fraction of sp³-hybridized carbons (Fsp3) is 0.786. The summed E-state index contributed by atoms with van der Waals surface area (Å²) in [5.74, 6) is 1.24. The Labute approximate surface area is 118 Å². The quantitative estimate of drug-likeness (QED) is 0.836. The molecule has 104 valence electrons. The molecule has 1 unspecified atom stereocenters. The summed E-state index contributed by atoms with van der Waals surface area (Å²) in [5.41, 5.74) is 0. The highest BCUT2D eigenvalue weighted by atomic mass is 32.1. The molecule has 1 aromatic heterocycles. The Hall–Kier alpha value is -0.970. The lowest BCUT2D eigenvalue weighted by atomic mass is 9.99. The summed E-state index contributed by atoms with van der Waals surface area (Å²) >= 11 is 1.79. The van der Waals surface area contributed by atoms with Crippen LogP contribution < -0.4 is 0 Å². The van der Waals surface area contributed by atoms with E-state index in [2.05, 4.69) is 10.2 Å². The highest BCUT2D eigenvalue weighted by Crippen LogP contribution is 2.38. The van der Waals surface area contributed by atoms with Crippen molar-refractivity contribution >= 4 is 17.2 Å². The topological polar surface area (TPSA) is 46.1 Å². The summed E-state index contributed by atoms with van der Waals surface area (Å²) in [5, 5.41) is 11.2. The maximum absolute atomic E-state index is 11.5. The Kier molecular flexibility index (Phi) is 3.82. The Bertz CT molecular complexity index is 453. The number of amides is 1. The molecule has 1 aliphatic heterocycles. The van der Waals surface area contributed by atoms with Gasteiger partial charge in [-0.2, -0.15) is 0 Å². The van der Waals surface area contributed by atoms with Crippen molar-refractivity contribution in [1.29, 1.82) is 0 Å². The fourth-order valence-corrected chi connectivity index (χ4v) is 4.35. The first-order valence-electron chi connectivity index (χ1n) is 7.33. The summed E-state index contributed by atoms with van der Waals surface area (Å²) < 4.78 is 0. The lowest BCUT2D eigenvalue weighted by Gasteiger charge is -2.30. The highest BCUT2D eigenvalue weighted by molar-refractivity contribution is 7.11. The van der Waals surface area contributed by atoms with E-state index in [1.54, 1.807) is 18.3 Å². The molecule has 1 atom stereocenters. The molecule has 0 aromatic carbocycles. The third-order valence-electron chi connectivity index (χ3n) is 4.38. The third kappa shape index (κ3) is 2.81. The molecule has 2 aliphatic rings. The van der Waals surface area contributed by atoms with Gasteiger partial charge in [0.05, 0.1) is 0 Å². The molecule has 0 radical (unpaired) electrons. The number of nitrogens with zero attached hydrogens (tertiary/aromatic N) is 3. The van der Waals surface area contributed by atoms with E-state index in [-0.39, 0.29) is 5.91 Å². The Balaban J connectivity index is 1.69. The van der Waals surface area contributed by atoms with E-state index in [4.69, 9.17) is 0 Å². The zero-order chi connectivity index (χ0) is 13.2. The van der Waals surface area contributed by atoms with Crippen LogP contribution in [0.25, 0.3) is 0 Å². The van der Waals surface area contributed by atoms with Gasteiger partial charge in [-0.15, -0.1) is 21.5 Å². The zero-order valence-electron chi connectivity index (χ0n) is 11.5. The van der Waals surface area contributed by atoms with Crippen LogP contribution in [0.5, 0.6) is 0 Å². The normalized spacial score (nSPS) is 24.9. The molecule has 0 N–H and O–H groups in total. The third-order valence-corrected chi connectivity index (χ3v) is 5.62. The highest BCUT2D eigenvalue weighted by Gasteiger charge is 2.27. The van der Waals surface area contributed by atoms with E-state index in [1.165, 1.54) is 30.7 Å². The molecule has 3 rings (SSSR count). The largest absolute Gasteiger partial charge is 0.342 e. The maximum Gasteiger partial charge on any atom is 0.219 e. The van der Waals surface area contributed by atoms with Crippen molar-refractivity contribution < 1.29 is 4.79 Å². The van der Waals surface area contributed by atoms with Crippen molar-refractivity contribution in [3.8, 4) is 0 Å². The Morgan fingerprint density at radius 1 is 1.11 bits per heavy atom. The van der Waals surface area contributed by atoms with Crippen molar-refractivity contribution in [3.05, 3.63) is 10.0 Å². The lowest BCUT2D eigenvalue weighted by Crippen LogP contribution is -2.37. The number of hydrogen-bond donors (Lipinski definition) is 0. The number of carbonyl (C=O) groups excluding carboxylic acids is 1. The van der Waals surface area contributed by atoms with Gasteiger partial charge >= 0.3 is 0 Å². The van der Waals surface area contributed by atoms with Crippen LogP contribution in [0, 0.1) is 0 Å². The molecular formula is C14H21N3OS. The monoisotopic (exact) mass is 279 g/mol. The van der Waals surface area contributed by atoms with Crippen molar-refractivity contribution in [1.82, 2.24) is 15.1 Å². The summed E-state index contributed by atoms with van der Waals surface area (Å²) in [4.78, 5) is 13.4. The molecule has 4 nitrogen and oxygen atoms in total. The zero-order valence-corrected chi connectivity index (χ0v) is 12.3. The number of rotatable bonds is 2. The van der Waals surface area contributed by atoms with Crippen LogP contribution in [-0.4, -0.2) is 34.1 Å². The van der Waals surface area contributed by atoms with Crippen LogP contribution >= 0.6 is 11.3 Å². The van der Waals surface area contributed by atoms with Crippen LogP contribution in [0.3, 0.4) is 0 Å². The van der Waals surface area contributed by atoms with Crippen molar-refractivity contribution in [2.24, 2.45) is 0 Å². The predicted octanol–water partition coefficient (Wildman–Crippen LogP) is 2.92. The van der Waals surface area contributed by atoms with Gasteiger partial charge in [-0.25, -0.2) is 0 Å². The molecule has 0 spiro atoms. The average Bonchev–Trinajstić information content (AvgIpc) is 3.09. The lowest BCUT2D eigenvalue weighted by molar-refractivity contribution is -0.130. The van der Waals surface area contributed by atoms with Crippen LogP contribution in [0.1, 0.15) is 67.3 Å². The van der Waals surface area contributed by atoms with Crippen molar-refractivity contribution in [3.63, 3.8) is 0 Å². The van der Waals surface area contributed by atoms with Gasteiger partial charge in [-0.3, -0.25) is 4.79 Å². The smallest absolute Gasteiger partial charge is 0.219 e. The van der Waals surface area contributed by atoms with Crippen molar-refractivity contribution in [2.75, 3.05) is 13.1 Å². The van der Waals surface area contributed by atoms with Crippen LogP contribution in [-0.2, 0) is 4.79 Å². The van der Waals surface area contributed by atoms with E-state index in [1.807, 2.05) is 4.90 Å². The molecule has 2 heterocycles. The Morgan fingerprint density at radius 2 is 1.74 bits per heavy atom. The minimum atomic E-state index is 0.185. The van der Waals surface area contributed by atoms with Gasteiger partial charge in [0.15, 0.2) is 0 Å². The van der Waals surface area contributed by atoms with Crippen LogP contribution in [0.2, 0.25) is 0 Å². The van der Waals surface area contributed by atoms with Gasteiger partial charge in [-0.05, 0) is 25.7 Å². The van der Waals surface area contributed by atoms with E-state index in [0.717, 1.165) is 30.9 Å². The fourth-order valence-electron chi connectivity index (χ4n) is 3.21. The second-order valence-electron chi connectivity index (χ2n) is 5.76. The summed E-state index contributed by atoms with van der Waals surface area (Å²) in [6.45, 7) is 3.39. The minimum absolute atomic E-state index is 0.185. The molecule has 19 heavy (non-hydrogen) atoms. The maximum atomic E-state index is 11.5. The molecule has 1 saturated carbocycles. The number of hydrogen-bond acceptors (Lipinski definition) is 4. The molecule has 1 saturated heterocycles. The van der Waals surface area contributed by atoms with Crippen LogP contribution in [0.15, 0.2) is 0 Å². The van der Waals surface area contributed by atoms with Gasteiger partial charge in [0.2, 0.25) is 5.91 Å². The van der Waals surface area contributed by atoms with E-state index in [9.17, 15) is 4.79 Å². The first-order valence-corrected chi connectivity index (χ1v) is 8.14. The molecule has 5 heteroatoms. The second-order valence-corrected chi connectivity index (χ2v) is 6.80. The first kappa shape index (κ1) is 13.0. The van der Waals surface area contributed by atoms with Gasteiger partial charge in [-0.1, -0.05) is 12.8 Å². The minimum Gasteiger partial charge on any atom is -0.342 e. The standard InChI is InChI=1S/C14H21N3OS/c1-10(18)17-8-4-7-12(9-17)14-16-15-13(19-14)11-5-2-3-6-11/h11-12H,2-9H2,1H3. The van der Waals surface area contributed by atoms with Crippen molar-refractivity contribution in [2.45, 2.75) is 57.3 Å². The average molecular weight is 279 g/mol. The van der Waals surface area contributed by atoms with E-state index >= 15 is 0 Å².